The third kappa shape index (κ3) is 6.98. The van der Waals surface area contributed by atoms with Crippen molar-refractivity contribution in [2.75, 3.05) is 26.3 Å². The van der Waals surface area contributed by atoms with Gasteiger partial charge in [0, 0.05) is 25.0 Å². The molecule has 4 nitrogen and oxygen atoms in total. The fourth-order valence-electron chi connectivity index (χ4n) is 1.29. The number of hydrogen-bond donors (Lipinski definition) is 1. The highest BCUT2D eigenvalue weighted by Gasteiger charge is 2.07. The third-order valence-electron chi connectivity index (χ3n) is 2.09. The Hall–Kier alpha value is -0.170. The predicted octanol–water partition coefficient (Wildman–Crippen LogP) is 2.34. The Morgan fingerprint density at radius 2 is 2.29 bits per heavy atom. The van der Waals surface area contributed by atoms with E-state index in [2.05, 4.69) is 22.4 Å². The van der Waals surface area contributed by atoms with E-state index in [-0.39, 0.29) is 0 Å². The van der Waals surface area contributed by atoms with Gasteiger partial charge in [0.1, 0.15) is 5.01 Å². The quantitative estimate of drug-likeness (QED) is 0.554. The van der Waals surface area contributed by atoms with Gasteiger partial charge in [-0.2, -0.15) is 0 Å². The van der Waals surface area contributed by atoms with E-state index in [0.29, 0.717) is 5.25 Å². The minimum atomic E-state index is 0.523. The van der Waals surface area contributed by atoms with Crippen LogP contribution in [0.1, 0.15) is 25.3 Å². The van der Waals surface area contributed by atoms with Gasteiger partial charge in [-0.05, 0) is 26.8 Å². The molecule has 0 aromatic carbocycles. The van der Waals surface area contributed by atoms with Crippen LogP contribution in [0.2, 0.25) is 0 Å². The summed E-state index contributed by atoms with van der Waals surface area (Å²) in [5.41, 5.74) is 0. The number of rotatable bonds is 9. The molecule has 0 spiro atoms. The molecule has 17 heavy (non-hydrogen) atoms. The zero-order chi connectivity index (χ0) is 12.5. The van der Waals surface area contributed by atoms with Gasteiger partial charge >= 0.3 is 0 Å². The first-order chi connectivity index (χ1) is 8.22. The van der Waals surface area contributed by atoms with Gasteiger partial charge in [-0.3, -0.25) is 0 Å². The van der Waals surface area contributed by atoms with Crippen LogP contribution in [-0.4, -0.2) is 41.8 Å². The normalized spacial score (nSPS) is 12.9. The van der Waals surface area contributed by atoms with Crippen LogP contribution >= 0.6 is 23.1 Å². The molecule has 0 radical (unpaired) electrons. The number of thioether (sulfide) groups is 1. The van der Waals surface area contributed by atoms with E-state index in [4.69, 9.17) is 4.74 Å². The molecule has 0 saturated heterocycles. The first kappa shape index (κ1) is 14.9. The molecule has 1 aromatic rings. The van der Waals surface area contributed by atoms with Crippen molar-refractivity contribution < 1.29 is 4.74 Å². The van der Waals surface area contributed by atoms with E-state index >= 15 is 0 Å². The zero-order valence-corrected chi connectivity index (χ0v) is 12.4. The lowest BCUT2D eigenvalue weighted by atomic mass is 10.4. The summed E-state index contributed by atoms with van der Waals surface area (Å²) >= 11 is 3.44. The molecule has 0 aliphatic rings. The average Bonchev–Trinajstić information content (AvgIpc) is 2.69. The molecule has 1 atom stereocenters. The molecule has 6 heteroatoms. The summed E-state index contributed by atoms with van der Waals surface area (Å²) in [5, 5.41) is 13.1. The number of nitrogens with zero attached hydrogens (tertiary/aromatic N) is 2. The highest BCUT2D eigenvalue weighted by atomic mass is 32.2. The van der Waals surface area contributed by atoms with E-state index < -0.39 is 0 Å². The Bertz CT molecular complexity index is 307. The van der Waals surface area contributed by atoms with Gasteiger partial charge < -0.3 is 10.1 Å². The van der Waals surface area contributed by atoms with Crippen LogP contribution in [0.25, 0.3) is 0 Å². The molecule has 1 aromatic heterocycles. The van der Waals surface area contributed by atoms with E-state index in [1.54, 1.807) is 23.1 Å². The smallest absolute Gasteiger partial charge is 0.174 e. The maximum atomic E-state index is 5.28. The van der Waals surface area contributed by atoms with Crippen molar-refractivity contribution >= 4 is 23.1 Å². The van der Waals surface area contributed by atoms with Crippen molar-refractivity contribution in [1.82, 2.24) is 15.5 Å². The summed E-state index contributed by atoms with van der Waals surface area (Å²) in [4.78, 5) is 0. The van der Waals surface area contributed by atoms with Gasteiger partial charge in [0.15, 0.2) is 4.34 Å². The van der Waals surface area contributed by atoms with Crippen molar-refractivity contribution in [2.45, 2.75) is 36.8 Å². The van der Waals surface area contributed by atoms with Crippen LogP contribution in [0.15, 0.2) is 4.34 Å². The summed E-state index contributed by atoms with van der Waals surface area (Å²) in [5.74, 6) is 0. The molecule has 98 valence electrons. The largest absolute Gasteiger partial charge is 0.382 e. The van der Waals surface area contributed by atoms with Crippen molar-refractivity contribution in [1.29, 1.82) is 0 Å². The first-order valence-corrected chi connectivity index (χ1v) is 7.67. The number of aromatic nitrogens is 2. The fraction of sp³-hybridized carbons (Fsp3) is 0.818. The molecule has 1 unspecified atom stereocenters. The molecule has 1 heterocycles. The molecular weight excluding hydrogens is 254 g/mol. The lowest BCUT2D eigenvalue weighted by Gasteiger charge is -2.10. The lowest BCUT2D eigenvalue weighted by Crippen LogP contribution is -2.24. The van der Waals surface area contributed by atoms with Gasteiger partial charge in [0.05, 0.1) is 0 Å². The summed E-state index contributed by atoms with van der Waals surface area (Å²) in [6, 6.07) is 0. The van der Waals surface area contributed by atoms with Gasteiger partial charge in [-0.1, -0.05) is 30.0 Å². The number of nitrogens with one attached hydrogen (secondary N) is 1. The molecule has 0 saturated carbocycles. The average molecular weight is 275 g/mol. The van der Waals surface area contributed by atoms with Gasteiger partial charge in [-0.25, -0.2) is 0 Å². The Kier molecular flexibility index (Phi) is 7.75. The van der Waals surface area contributed by atoms with Gasteiger partial charge in [0.25, 0.3) is 0 Å². The van der Waals surface area contributed by atoms with Crippen LogP contribution in [0.4, 0.5) is 0 Å². The minimum Gasteiger partial charge on any atom is -0.382 e. The second kappa shape index (κ2) is 8.85. The van der Waals surface area contributed by atoms with Gasteiger partial charge in [0.2, 0.25) is 0 Å². The number of aryl methyl sites for hydroxylation is 1. The Morgan fingerprint density at radius 1 is 1.47 bits per heavy atom. The molecular formula is C11H21N3OS2. The fourth-order valence-corrected chi connectivity index (χ4v) is 3.39. The Labute approximate surface area is 112 Å². The van der Waals surface area contributed by atoms with Crippen LogP contribution < -0.4 is 5.32 Å². The standard InChI is InChI=1S/C11H21N3OS2/c1-4-15-7-5-6-12-8-9(2)16-11-14-13-10(3)17-11/h9,12H,4-8H2,1-3H3. The van der Waals surface area contributed by atoms with Crippen LogP contribution in [0, 0.1) is 6.92 Å². The molecule has 1 N–H and O–H groups in total. The third-order valence-corrected chi connectivity index (χ3v) is 4.11. The SMILES string of the molecule is CCOCCCNCC(C)Sc1nnc(C)s1. The second-order valence-electron chi connectivity index (χ2n) is 3.77. The molecule has 1 rings (SSSR count). The minimum absolute atomic E-state index is 0.523. The van der Waals surface area contributed by atoms with E-state index in [9.17, 15) is 0 Å². The summed E-state index contributed by atoms with van der Waals surface area (Å²) in [6.45, 7) is 9.88. The Morgan fingerprint density at radius 3 is 2.94 bits per heavy atom. The molecule has 0 amide bonds. The maximum absolute atomic E-state index is 5.28. The van der Waals surface area contributed by atoms with Crippen LogP contribution in [-0.2, 0) is 4.74 Å². The van der Waals surface area contributed by atoms with Crippen molar-refractivity contribution in [3.05, 3.63) is 5.01 Å². The first-order valence-electron chi connectivity index (χ1n) is 5.97. The van der Waals surface area contributed by atoms with E-state index in [1.165, 1.54) is 0 Å². The topological polar surface area (TPSA) is 47.0 Å². The molecule has 0 bridgehead atoms. The van der Waals surface area contributed by atoms with Crippen LogP contribution in [0.5, 0.6) is 0 Å². The summed E-state index contributed by atoms with van der Waals surface area (Å²) < 4.78 is 6.34. The molecule has 0 aliphatic carbocycles. The Balaban J connectivity index is 2.03. The van der Waals surface area contributed by atoms with Crippen molar-refractivity contribution in [3.8, 4) is 0 Å². The summed E-state index contributed by atoms with van der Waals surface area (Å²) in [7, 11) is 0. The van der Waals surface area contributed by atoms with E-state index in [1.807, 2.05) is 13.8 Å². The van der Waals surface area contributed by atoms with Crippen LogP contribution in [0.3, 0.4) is 0 Å². The highest BCUT2D eigenvalue weighted by molar-refractivity contribution is 8.01. The monoisotopic (exact) mass is 275 g/mol. The highest BCUT2D eigenvalue weighted by Crippen LogP contribution is 2.25. The maximum Gasteiger partial charge on any atom is 0.174 e. The van der Waals surface area contributed by atoms with Crippen molar-refractivity contribution in [2.24, 2.45) is 0 Å². The van der Waals surface area contributed by atoms with E-state index in [0.717, 1.165) is 42.1 Å². The van der Waals surface area contributed by atoms with Gasteiger partial charge in [-0.15, -0.1) is 10.2 Å². The number of ether oxygens (including phenoxy) is 1. The summed E-state index contributed by atoms with van der Waals surface area (Å²) in [6.07, 6.45) is 1.07. The van der Waals surface area contributed by atoms with Crippen molar-refractivity contribution in [3.63, 3.8) is 0 Å². The molecule has 0 aliphatic heterocycles. The predicted molar refractivity (Wildman–Crippen MR) is 73.9 cm³/mol. The zero-order valence-electron chi connectivity index (χ0n) is 10.7. The lowest BCUT2D eigenvalue weighted by molar-refractivity contribution is 0.145. The second-order valence-corrected chi connectivity index (χ2v) is 6.64. The number of hydrogen-bond acceptors (Lipinski definition) is 6. The molecule has 0 fully saturated rings.